The number of fused-ring (bicyclic) bond motifs is 1. The first kappa shape index (κ1) is 17.9. The average Bonchev–Trinajstić information content (AvgIpc) is 3.03. The largest absolute Gasteiger partial charge is 0.452 e. The van der Waals surface area contributed by atoms with Crippen LogP contribution >= 0.6 is 11.6 Å². The molecule has 138 valence electrons. The number of nitrogens with zero attached hydrogens (tertiary/aromatic N) is 1. The van der Waals surface area contributed by atoms with Crippen molar-refractivity contribution in [3.05, 3.63) is 94.0 Å². The van der Waals surface area contributed by atoms with Gasteiger partial charge in [0, 0.05) is 23.0 Å². The number of halogens is 1. The number of hydrogen-bond acceptors (Lipinski definition) is 5. The Bertz CT molecular complexity index is 1120. The van der Waals surface area contributed by atoms with Crippen LogP contribution < -0.4 is 9.47 Å². The topological polar surface area (TPSA) is 65.5 Å². The number of carbonyl (C=O) groups excluding carboxylic acids is 2. The highest BCUT2D eigenvalue weighted by Crippen LogP contribution is 2.39. The van der Waals surface area contributed by atoms with Crippen LogP contribution in [0.5, 0.6) is 11.5 Å². The van der Waals surface area contributed by atoms with Gasteiger partial charge in [0.1, 0.15) is 11.5 Å². The molecule has 2 aromatic carbocycles. The molecule has 28 heavy (non-hydrogen) atoms. The molecule has 0 aliphatic carbocycles. The Morgan fingerprint density at radius 2 is 1.96 bits per heavy atom. The normalized spacial score (nSPS) is 13.9. The third kappa shape index (κ3) is 3.28. The summed E-state index contributed by atoms with van der Waals surface area (Å²) >= 11 is 6.16. The molecule has 0 spiro atoms. The lowest BCUT2D eigenvalue weighted by Gasteiger charge is -2.10. The summed E-state index contributed by atoms with van der Waals surface area (Å²) in [6.45, 7) is 1.73. The lowest BCUT2D eigenvalue weighted by molar-refractivity contribution is 0.0732. The van der Waals surface area contributed by atoms with Crippen LogP contribution in [0.3, 0.4) is 0 Å². The summed E-state index contributed by atoms with van der Waals surface area (Å²) in [6.07, 6.45) is 4.60. The predicted molar refractivity (Wildman–Crippen MR) is 105 cm³/mol. The van der Waals surface area contributed by atoms with Gasteiger partial charge in [-0.3, -0.25) is 9.78 Å². The third-order valence-corrected chi connectivity index (χ3v) is 4.67. The Balaban J connectivity index is 1.64. The van der Waals surface area contributed by atoms with Gasteiger partial charge in [-0.15, -0.1) is 0 Å². The second-order valence-electron chi connectivity index (χ2n) is 6.16. The SMILES string of the molecule is Cc1c(OC(=O)c2cccnc2)ccc2c1O/C(=C\c1ccccc1Cl)C2=O. The molecule has 0 radical (unpaired) electrons. The third-order valence-electron chi connectivity index (χ3n) is 4.33. The van der Waals surface area contributed by atoms with Gasteiger partial charge < -0.3 is 9.47 Å². The van der Waals surface area contributed by atoms with E-state index in [0.717, 1.165) is 0 Å². The second-order valence-corrected chi connectivity index (χ2v) is 6.57. The molecule has 1 aliphatic heterocycles. The minimum atomic E-state index is -0.535. The van der Waals surface area contributed by atoms with Crippen LogP contribution in [0.15, 0.2) is 66.7 Å². The molecule has 0 bridgehead atoms. The highest BCUT2D eigenvalue weighted by atomic mass is 35.5. The van der Waals surface area contributed by atoms with E-state index in [1.54, 1.807) is 55.6 Å². The first-order valence-corrected chi connectivity index (χ1v) is 8.87. The van der Waals surface area contributed by atoms with E-state index < -0.39 is 5.97 Å². The Labute approximate surface area is 166 Å². The minimum absolute atomic E-state index is 0.168. The molecule has 0 amide bonds. The van der Waals surface area contributed by atoms with Gasteiger partial charge >= 0.3 is 5.97 Å². The molecule has 1 aliphatic rings. The van der Waals surface area contributed by atoms with Gasteiger partial charge in [0.2, 0.25) is 5.78 Å². The molecule has 1 aromatic heterocycles. The number of carbonyl (C=O) groups is 2. The van der Waals surface area contributed by atoms with Crippen LogP contribution in [0.25, 0.3) is 6.08 Å². The van der Waals surface area contributed by atoms with E-state index in [9.17, 15) is 9.59 Å². The molecule has 0 N–H and O–H groups in total. The molecular formula is C22H14ClNO4. The van der Waals surface area contributed by atoms with Crippen molar-refractivity contribution in [1.82, 2.24) is 4.98 Å². The van der Waals surface area contributed by atoms with E-state index in [1.165, 1.54) is 6.20 Å². The summed E-state index contributed by atoms with van der Waals surface area (Å²) in [5.41, 5.74) is 1.99. The van der Waals surface area contributed by atoms with E-state index in [4.69, 9.17) is 21.1 Å². The van der Waals surface area contributed by atoms with Crippen molar-refractivity contribution in [2.75, 3.05) is 0 Å². The van der Waals surface area contributed by atoms with E-state index in [0.29, 0.717) is 38.8 Å². The van der Waals surface area contributed by atoms with Crippen molar-refractivity contribution >= 4 is 29.4 Å². The Morgan fingerprint density at radius 1 is 1.14 bits per heavy atom. The van der Waals surface area contributed by atoms with Crippen LogP contribution in [0, 0.1) is 6.92 Å². The summed E-state index contributed by atoms with van der Waals surface area (Å²) in [4.78, 5) is 28.9. The fourth-order valence-corrected chi connectivity index (χ4v) is 3.04. The van der Waals surface area contributed by atoms with Crippen LogP contribution in [-0.2, 0) is 0 Å². The maximum Gasteiger partial charge on any atom is 0.345 e. The number of pyridine rings is 1. The number of ether oxygens (including phenoxy) is 2. The maximum absolute atomic E-state index is 12.7. The Kier molecular flexibility index (Phi) is 4.67. The van der Waals surface area contributed by atoms with E-state index >= 15 is 0 Å². The van der Waals surface area contributed by atoms with Crippen molar-refractivity contribution < 1.29 is 19.1 Å². The predicted octanol–water partition coefficient (Wildman–Crippen LogP) is 4.88. The summed E-state index contributed by atoms with van der Waals surface area (Å²) in [7, 11) is 0. The molecule has 2 heterocycles. The molecule has 0 atom stereocenters. The molecule has 6 heteroatoms. The molecule has 4 rings (SSSR count). The molecule has 3 aromatic rings. The smallest absolute Gasteiger partial charge is 0.345 e. The van der Waals surface area contributed by atoms with Gasteiger partial charge in [0.25, 0.3) is 0 Å². The van der Waals surface area contributed by atoms with Crippen LogP contribution in [-0.4, -0.2) is 16.7 Å². The molecule has 0 fully saturated rings. The summed E-state index contributed by atoms with van der Waals surface area (Å²) < 4.78 is 11.2. The number of ketones is 1. The number of aromatic nitrogens is 1. The number of allylic oxidation sites excluding steroid dienone is 1. The summed E-state index contributed by atoms with van der Waals surface area (Å²) in [5, 5.41) is 0.519. The maximum atomic E-state index is 12.7. The zero-order chi connectivity index (χ0) is 19.7. The van der Waals surface area contributed by atoms with E-state index in [-0.39, 0.29) is 11.5 Å². The van der Waals surface area contributed by atoms with Crippen molar-refractivity contribution in [3.8, 4) is 11.5 Å². The first-order chi connectivity index (χ1) is 13.5. The van der Waals surface area contributed by atoms with Crippen molar-refractivity contribution in [2.24, 2.45) is 0 Å². The van der Waals surface area contributed by atoms with Crippen LogP contribution in [0.1, 0.15) is 31.8 Å². The van der Waals surface area contributed by atoms with Gasteiger partial charge in [-0.2, -0.15) is 0 Å². The van der Waals surface area contributed by atoms with Crippen molar-refractivity contribution in [1.29, 1.82) is 0 Å². The second kappa shape index (κ2) is 7.29. The quantitative estimate of drug-likeness (QED) is 0.361. The highest BCUT2D eigenvalue weighted by Gasteiger charge is 2.30. The number of Topliss-reactive ketones (excluding diaryl/α,β-unsaturated/α-hetero) is 1. The summed E-state index contributed by atoms with van der Waals surface area (Å²) in [5.74, 6) is 0.0802. The van der Waals surface area contributed by atoms with Gasteiger partial charge in [-0.25, -0.2) is 4.79 Å². The van der Waals surface area contributed by atoms with Crippen LogP contribution in [0.2, 0.25) is 5.02 Å². The Hall–Kier alpha value is -3.44. The zero-order valence-corrected chi connectivity index (χ0v) is 15.6. The fraction of sp³-hybridized carbons (Fsp3) is 0.0455. The number of esters is 1. The average molecular weight is 392 g/mol. The minimum Gasteiger partial charge on any atom is -0.452 e. The number of rotatable bonds is 3. The van der Waals surface area contributed by atoms with Crippen LogP contribution in [0.4, 0.5) is 0 Å². The standard InChI is InChI=1S/C22H14ClNO4/c1-13-18(28-22(26)15-6-4-10-24-12-15)9-8-16-20(25)19(27-21(13)16)11-14-5-2-3-7-17(14)23/h2-12H,1H3/b19-11-. The summed E-state index contributed by atoms with van der Waals surface area (Å²) in [6, 6.07) is 13.6. The first-order valence-electron chi connectivity index (χ1n) is 8.49. The lowest BCUT2D eigenvalue weighted by Crippen LogP contribution is -2.09. The van der Waals surface area contributed by atoms with Gasteiger partial charge in [0.05, 0.1) is 11.1 Å². The lowest BCUT2D eigenvalue weighted by atomic mass is 10.1. The molecule has 0 saturated carbocycles. The fourth-order valence-electron chi connectivity index (χ4n) is 2.85. The molecule has 0 saturated heterocycles. The number of benzene rings is 2. The van der Waals surface area contributed by atoms with E-state index in [1.807, 2.05) is 12.1 Å². The Morgan fingerprint density at radius 3 is 2.71 bits per heavy atom. The highest BCUT2D eigenvalue weighted by molar-refractivity contribution is 6.32. The number of hydrogen-bond donors (Lipinski definition) is 0. The molecule has 0 unspecified atom stereocenters. The van der Waals surface area contributed by atoms with Gasteiger partial charge in [-0.05, 0) is 48.9 Å². The molecular weight excluding hydrogens is 378 g/mol. The monoisotopic (exact) mass is 391 g/mol. The van der Waals surface area contributed by atoms with E-state index in [2.05, 4.69) is 4.98 Å². The van der Waals surface area contributed by atoms with Crippen molar-refractivity contribution in [2.45, 2.75) is 6.92 Å². The van der Waals surface area contributed by atoms with Gasteiger partial charge in [0.15, 0.2) is 5.76 Å². The zero-order valence-electron chi connectivity index (χ0n) is 14.8. The van der Waals surface area contributed by atoms with Gasteiger partial charge in [-0.1, -0.05) is 29.8 Å². The molecule has 5 nitrogen and oxygen atoms in total. The van der Waals surface area contributed by atoms with Crippen molar-refractivity contribution in [3.63, 3.8) is 0 Å².